The molecule has 0 spiro atoms. The Morgan fingerprint density at radius 2 is 1.67 bits per heavy atom. The van der Waals surface area contributed by atoms with Crippen LogP contribution < -0.4 is 0 Å². The summed E-state index contributed by atoms with van der Waals surface area (Å²) < 4.78 is 28.1. The molecule has 36 heavy (non-hydrogen) atoms. The molecule has 2 fully saturated rings. The number of benzene rings is 1. The van der Waals surface area contributed by atoms with Crippen molar-refractivity contribution >= 4 is 27.3 Å². The number of likely N-dealkylation sites (tertiary alicyclic amines) is 1. The van der Waals surface area contributed by atoms with Gasteiger partial charge < -0.3 is 4.90 Å². The van der Waals surface area contributed by atoms with E-state index >= 15 is 0 Å². The molecule has 1 unspecified atom stereocenters. The van der Waals surface area contributed by atoms with Crippen molar-refractivity contribution in [1.29, 1.82) is 0 Å². The number of carbonyl (C=O) groups is 1. The van der Waals surface area contributed by atoms with E-state index in [0.717, 1.165) is 42.8 Å². The highest BCUT2D eigenvalue weighted by Crippen LogP contribution is 2.37. The molecule has 8 heteroatoms. The minimum Gasteiger partial charge on any atom is -0.311 e. The fraction of sp³-hybridized carbons (Fsp3) is 0.571. The van der Waals surface area contributed by atoms with E-state index in [1.165, 1.54) is 25.0 Å². The first-order valence-corrected chi connectivity index (χ1v) is 15.5. The molecule has 2 saturated heterocycles. The van der Waals surface area contributed by atoms with Crippen LogP contribution in [0.5, 0.6) is 0 Å². The number of carbonyl (C=O) groups excluding carboxylic acids is 1. The molecule has 0 saturated carbocycles. The molecule has 194 valence electrons. The van der Waals surface area contributed by atoms with Crippen molar-refractivity contribution in [3.63, 3.8) is 0 Å². The van der Waals surface area contributed by atoms with Gasteiger partial charge in [0.25, 0.3) is 5.91 Å². The fourth-order valence-electron chi connectivity index (χ4n) is 5.73. The molecule has 3 aliphatic rings. The van der Waals surface area contributed by atoms with Crippen molar-refractivity contribution in [3.8, 4) is 0 Å². The largest absolute Gasteiger partial charge is 0.311 e. The van der Waals surface area contributed by atoms with Crippen LogP contribution in [-0.2, 0) is 15.4 Å². The molecule has 0 N–H and O–H groups in total. The fourth-order valence-corrected chi connectivity index (χ4v) is 8.16. The molecular weight excluding hydrogens is 490 g/mol. The van der Waals surface area contributed by atoms with Crippen molar-refractivity contribution in [2.24, 2.45) is 5.92 Å². The van der Waals surface area contributed by atoms with Gasteiger partial charge in [-0.1, -0.05) is 39.0 Å². The van der Waals surface area contributed by atoms with E-state index in [1.807, 2.05) is 22.4 Å². The first-order valence-electron chi connectivity index (χ1n) is 13.2. The Hall–Kier alpha value is -2.03. The lowest BCUT2D eigenvalue weighted by Gasteiger charge is -2.37. The Balaban J connectivity index is 1.23. The van der Waals surface area contributed by atoms with Gasteiger partial charge >= 0.3 is 0 Å². The summed E-state index contributed by atoms with van der Waals surface area (Å²) in [5.74, 6) is 0.730. The van der Waals surface area contributed by atoms with E-state index < -0.39 is 10.0 Å². The van der Waals surface area contributed by atoms with Gasteiger partial charge in [0.1, 0.15) is 5.69 Å². The van der Waals surface area contributed by atoms with Gasteiger partial charge in [-0.15, -0.1) is 11.3 Å². The van der Waals surface area contributed by atoms with Crippen LogP contribution in [-0.4, -0.2) is 48.1 Å². The number of sulfonamides is 1. The number of fused-ring (bicyclic) bond motifs is 1. The first-order chi connectivity index (χ1) is 17.1. The van der Waals surface area contributed by atoms with Crippen molar-refractivity contribution in [1.82, 2.24) is 14.2 Å². The highest BCUT2D eigenvalue weighted by molar-refractivity contribution is 7.89. The van der Waals surface area contributed by atoms with Crippen LogP contribution in [0.3, 0.4) is 0 Å². The van der Waals surface area contributed by atoms with E-state index in [4.69, 9.17) is 4.98 Å². The van der Waals surface area contributed by atoms with Gasteiger partial charge in [-0.3, -0.25) is 4.79 Å². The summed E-state index contributed by atoms with van der Waals surface area (Å²) in [4.78, 5) is 20.4. The molecule has 5 rings (SSSR count). The van der Waals surface area contributed by atoms with E-state index in [0.29, 0.717) is 29.6 Å². The van der Waals surface area contributed by atoms with Crippen LogP contribution in [0.25, 0.3) is 0 Å². The summed E-state index contributed by atoms with van der Waals surface area (Å²) in [7, 11) is -3.51. The zero-order valence-electron chi connectivity index (χ0n) is 21.6. The van der Waals surface area contributed by atoms with Gasteiger partial charge in [-0.2, -0.15) is 4.31 Å². The molecule has 6 nitrogen and oxygen atoms in total. The third kappa shape index (κ3) is 5.04. The smallest absolute Gasteiger partial charge is 0.277 e. The first kappa shape index (κ1) is 25.6. The lowest BCUT2D eigenvalue weighted by Crippen LogP contribution is -2.39. The SMILES string of the molecule is CC(C)(C)c1ccc(S(=O)(=O)N2CCC(c3nc(C(=O)N4CCCC5CCCC=C54)cs3)CC2)cc1. The standard InChI is InChI=1S/C28H37N3O3S2/c1-28(2,3)22-10-12-23(13-11-22)36(33,34)30-17-14-21(15-18-30)26-29-24(19-35-26)27(32)31-16-6-8-20-7-4-5-9-25(20)31/h9-13,19-21H,4-8,14-18H2,1-3H3. The molecule has 0 bridgehead atoms. The Morgan fingerprint density at radius 3 is 2.36 bits per heavy atom. The van der Waals surface area contributed by atoms with Gasteiger partial charge in [0.05, 0.1) is 9.90 Å². The van der Waals surface area contributed by atoms with E-state index in [9.17, 15) is 13.2 Å². The average Bonchev–Trinajstić information content (AvgIpc) is 3.38. The van der Waals surface area contributed by atoms with Crippen LogP contribution in [0.2, 0.25) is 0 Å². The molecular formula is C28H37N3O3S2. The lowest BCUT2D eigenvalue weighted by molar-refractivity contribution is 0.0743. The third-order valence-corrected chi connectivity index (χ3v) is 10.8. The van der Waals surface area contributed by atoms with Gasteiger partial charge in [0, 0.05) is 36.6 Å². The molecule has 0 radical (unpaired) electrons. The summed E-state index contributed by atoms with van der Waals surface area (Å²) in [6, 6.07) is 7.30. The highest BCUT2D eigenvalue weighted by Gasteiger charge is 2.34. The molecule has 2 aliphatic heterocycles. The van der Waals surface area contributed by atoms with Crippen molar-refractivity contribution in [3.05, 3.63) is 57.7 Å². The zero-order chi connectivity index (χ0) is 25.5. The van der Waals surface area contributed by atoms with E-state index in [2.05, 4.69) is 26.8 Å². The second kappa shape index (κ2) is 10.0. The summed E-state index contributed by atoms with van der Waals surface area (Å²) in [5, 5.41) is 2.85. The summed E-state index contributed by atoms with van der Waals surface area (Å²) in [5.41, 5.74) is 2.85. The predicted molar refractivity (Wildman–Crippen MR) is 144 cm³/mol. The highest BCUT2D eigenvalue weighted by atomic mass is 32.2. The number of allylic oxidation sites excluding steroid dienone is 2. The minimum atomic E-state index is -3.51. The summed E-state index contributed by atoms with van der Waals surface area (Å²) >= 11 is 1.54. The van der Waals surface area contributed by atoms with Crippen molar-refractivity contribution in [2.75, 3.05) is 19.6 Å². The van der Waals surface area contributed by atoms with Crippen LogP contribution in [0.1, 0.15) is 92.7 Å². The second-order valence-corrected chi connectivity index (χ2v) is 14.2. The second-order valence-electron chi connectivity index (χ2n) is 11.4. The van der Waals surface area contributed by atoms with Crippen molar-refractivity contribution in [2.45, 2.75) is 81.9 Å². The molecule has 1 atom stereocenters. The number of hydrogen-bond donors (Lipinski definition) is 0. The maximum absolute atomic E-state index is 13.3. The summed E-state index contributed by atoms with van der Waals surface area (Å²) in [6.07, 6.45) is 9.38. The van der Waals surface area contributed by atoms with Gasteiger partial charge in [0.2, 0.25) is 10.0 Å². The third-order valence-electron chi connectivity index (χ3n) is 7.92. The minimum absolute atomic E-state index is 0.0162. The van der Waals surface area contributed by atoms with Crippen LogP contribution in [0, 0.1) is 5.92 Å². The van der Waals surface area contributed by atoms with Gasteiger partial charge in [-0.05, 0) is 74.0 Å². The topological polar surface area (TPSA) is 70.6 Å². The Kier molecular flexibility index (Phi) is 7.13. The number of piperidine rings is 2. The van der Waals surface area contributed by atoms with Gasteiger partial charge in [-0.25, -0.2) is 13.4 Å². The number of rotatable bonds is 4. The molecule has 1 aromatic carbocycles. The number of nitrogens with zero attached hydrogens (tertiary/aromatic N) is 3. The van der Waals surface area contributed by atoms with E-state index in [-0.39, 0.29) is 17.2 Å². The predicted octanol–water partition coefficient (Wildman–Crippen LogP) is 5.93. The van der Waals surface area contributed by atoms with Crippen molar-refractivity contribution < 1.29 is 13.2 Å². The molecule has 2 aromatic rings. The van der Waals surface area contributed by atoms with Crippen LogP contribution >= 0.6 is 11.3 Å². The van der Waals surface area contributed by atoms with Crippen LogP contribution in [0.4, 0.5) is 0 Å². The maximum Gasteiger partial charge on any atom is 0.277 e. The van der Waals surface area contributed by atoms with Crippen LogP contribution in [0.15, 0.2) is 46.3 Å². The summed E-state index contributed by atoms with van der Waals surface area (Å²) in [6.45, 7) is 8.08. The number of thiazole rings is 1. The monoisotopic (exact) mass is 527 g/mol. The lowest BCUT2D eigenvalue weighted by atomic mass is 9.85. The normalized spacial score (nSPS) is 22.2. The van der Waals surface area contributed by atoms with E-state index in [1.54, 1.807) is 27.8 Å². The maximum atomic E-state index is 13.3. The number of hydrogen-bond acceptors (Lipinski definition) is 5. The number of amides is 1. The van der Waals surface area contributed by atoms with Gasteiger partial charge in [0.15, 0.2) is 0 Å². The molecule has 1 aromatic heterocycles. The molecule has 1 aliphatic carbocycles. The zero-order valence-corrected chi connectivity index (χ0v) is 23.2. The molecule has 3 heterocycles. The Bertz CT molecular complexity index is 1230. The Labute approximate surface area is 219 Å². The quantitative estimate of drug-likeness (QED) is 0.494. The number of aromatic nitrogens is 1. The molecule has 1 amide bonds. The Morgan fingerprint density at radius 1 is 0.972 bits per heavy atom. The average molecular weight is 528 g/mol.